The van der Waals surface area contributed by atoms with Gasteiger partial charge in [0, 0.05) is 7.11 Å². The lowest BCUT2D eigenvalue weighted by Gasteiger charge is -2.35. The number of unbranched alkanes of at least 4 members (excludes halogenated alkanes) is 1. The molecule has 1 saturated carbocycles. The molecule has 14 heavy (non-hydrogen) atoms. The van der Waals surface area contributed by atoms with Gasteiger partial charge < -0.3 is 14.8 Å². The molecule has 2 atom stereocenters. The van der Waals surface area contributed by atoms with Crippen molar-refractivity contribution in [2.24, 2.45) is 0 Å². The quantitative estimate of drug-likeness (QED) is 0.688. The van der Waals surface area contributed by atoms with Crippen LogP contribution in [0, 0.1) is 0 Å². The predicted octanol–water partition coefficient (Wildman–Crippen LogP) is 1.69. The summed E-state index contributed by atoms with van der Waals surface area (Å²) in [6.45, 7) is 2.57. The molecule has 0 saturated heterocycles. The smallest absolute Gasteiger partial charge is 0.407 e. The van der Waals surface area contributed by atoms with E-state index in [9.17, 15) is 4.79 Å². The van der Waals surface area contributed by atoms with Gasteiger partial charge in [-0.25, -0.2) is 4.79 Å². The third-order valence-corrected chi connectivity index (χ3v) is 2.55. The highest BCUT2D eigenvalue weighted by atomic mass is 16.5. The van der Waals surface area contributed by atoms with E-state index in [4.69, 9.17) is 9.47 Å². The second-order valence-corrected chi connectivity index (χ2v) is 3.59. The second-order valence-electron chi connectivity index (χ2n) is 3.59. The summed E-state index contributed by atoms with van der Waals surface area (Å²) < 4.78 is 10.1. The summed E-state index contributed by atoms with van der Waals surface area (Å²) in [6, 6.07) is 0.147. The van der Waals surface area contributed by atoms with E-state index in [-0.39, 0.29) is 18.2 Å². The number of rotatable bonds is 5. The minimum absolute atomic E-state index is 0.147. The summed E-state index contributed by atoms with van der Waals surface area (Å²) in [5.74, 6) is 0. The van der Waals surface area contributed by atoms with Crippen LogP contribution < -0.4 is 5.32 Å². The van der Waals surface area contributed by atoms with Crippen molar-refractivity contribution < 1.29 is 14.3 Å². The molecule has 1 fully saturated rings. The van der Waals surface area contributed by atoms with Gasteiger partial charge in [-0.15, -0.1) is 0 Å². The maximum Gasteiger partial charge on any atom is 0.407 e. The molecule has 1 N–H and O–H groups in total. The molecule has 1 aliphatic carbocycles. The van der Waals surface area contributed by atoms with Crippen LogP contribution in [0.2, 0.25) is 0 Å². The van der Waals surface area contributed by atoms with Crippen molar-refractivity contribution in [2.75, 3.05) is 13.7 Å². The van der Waals surface area contributed by atoms with Crippen LogP contribution in [0.3, 0.4) is 0 Å². The van der Waals surface area contributed by atoms with Gasteiger partial charge in [0.2, 0.25) is 0 Å². The van der Waals surface area contributed by atoms with Crippen molar-refractivity contribution in [2.45, 2.75) is 44.8 Å². The van der Waals surface area contributed by atoms with Gasteiger partial charge in [-0.3, -0.25) is 0 Å². The molecule has 0 radical (unpaired) electrons. The minimum atomic E-state index is -0.315. The van der Waals surface area contributed by atoms with E-state index in [1.807, 2.05) is 0 Å². The topological polar surface area (TPSA) is 47.6 Å². The molecule has 82 valence electrons. The number of hydrogen-bond donors (Lipinski definition) is 1. The van der Waals surface area contributed by atoms with Crippen molar-refractivity contribution >= 4 is 6.09 Å². The summed E-state index contributed by atoms with van der Waals surface area (Å²) >= 11 is 0. The fourth-order valence-electron chi connectivity index (χ4n) is 1.42. The van der Waals surface area contributed by atoms with Crippen LogP contribution in [-0.4, -0.2) is 32.0 Å². The van der Waals surface area contributed by atoms with Crippen LogP contribution in [-0.2, 0) is 9.47 Å². The lowest BCUT2D eigenvalue weighted by molar-refractivity contribution is 0.00569. The summed E-state index contributed by atoms with van der Waals surface area (Å²) in [6.07, 6.45) is 3.83. The first-order chi connectivity index (χ1) is 6.77. The monoisotopic (exact) mass is 201 g/mol. The third-order valence-electron chi connectivity index (χ3n) is 2.55. The van der Waals surface area contributed by atoms with Gasteiger partial charge in [-0.1, -0.05) is 13.3 Å². The molecule has 1 amide bonds. The zero-order valence-electron chi connectivity index (χ0n) is 8.91. The number of ether oxygens (including phenoxy) is 2. The number of carbonyl (C=O) groups excluding carboxylic acids is 1. The fourth-order valence-corrected chi connectivity index (χ4v) is 1.42. The molecule has 0 aliphatic heterocycles. The van der Waals surface area contributed by atoms with E-state index in [1.165, 1.54) is 0 Å². The lowest BCUT2D eigenvalue weighted by Crippen LogP contribution is -2.51. The molecule has 4 nitrogen and oxygen atoms in total. The van der Waals surface area contributed by atoms with Gasteiger partial charge in [0.25, 0.3) is 0 Å². The summed E-state index contributed by atoms with van der Waals surface area (Å²) in [5, 5.41) is 2.79. The molecule has 0 aromatic carbocycles. The van der Waals surface area contributed by atoms with Crippen molar-refractivity contribution in [3.63, 3.8) is 0 Å². The molecule has 0 aromatic heterocycles. The van der Waals surface area contributed by atoms with E-state index >= 15 is 0 Å². The van der Waals surface area contributed by atoms with Gasteiger partial charge in [0.1, 0.15) is 0 Å². The summed E-state index contributed by atoms with van der Waals surface area (Å²) in [5.41, 5.74) is 0. The van der Waals surface area contributed by atoms with Gasteiger partial charge in [-0.05, 0) is 19.3 Å². The molecule has 0 aromatic rings. The average molecular weight is 201 g/mol. The third kappa shape index (κ3) is 3.18. The highest BCUT2D eigenvalue weighted by molar-refractivity contribution is 5.67. The van der Waals surface area contributed by atoms with Gasteiger partial charge in [0.05, 0.1) is 18.8 Å². The van der Waals surface area contributed by atoms with Gasteiger partial charge >= 0.3 is 6.09 Å². The number of methoxy groups -OCH3 is 1. The molecule has 2 unspecified atom stereocenters. The minimum Gasteiger partial charge on any atom is -0.450 e. The number of nitrogens with one attached hydrogen (secondary N) is 1. The number of amides is 1. The van der Waals surface area contributed by atoms with Crippen LogP contribution in [0.4, 0.5) is 4.79 Å². The Morgan fingerprint density at radius 3 is 2.79 bits per heavy atom. The first-order valence-electron chi connectivity index (χ1n) is 5.24. The fraction of sp³-hybridized carbons (Fsp3) is 0.900. The van der Waals surface area contributed by atoms with Crippen molar-refractivity contribution in [1.29, 1.82) is 0 Å². The Hall–Kier alpha value is -0.770. The molecule has 0 bridgehead atoms. The lowest BCUT2D eigenvalue weighted by atomic mass is 9.89. The Kier molecular flexibility index (Phi) is 4.73. The zero-order chi connectivity index (χ0) is 10.4. The number of carbonyl (C=O) groups is 1. The molecular weight excluding hydrogens is 182 g/mol. The second kappa shape index (κ2) is 5.86. The molecule has 0 heterocycles. The van der Waals surface area contributed by atoms with E-state index < -0.39 is 0 Å². The zero-order valence-corrected chi connectivity index (χ0v) is 8.91. The first kappa shape index (κ1) is 11.3. The average Bonchev–Trinajstić information content (AvgIpc) is 2.14. The molecule has 0 spiro atoms. The van der Waals surface area contributed by atoms with Crippen molar-refractivity contribution in [1.82, 2.24) is 5.32 Å². The summed E-state index contributed by atoms with van der Waals surface area (Å²) in [7, 11) is 1.67. The van der Waals surface area contributed by atoms with Gasteiger partial charge in [0.15, 0.2) is 0 Å². The predicted molar refractivity (Wildman–Crippen MR) is 53.2 cm³/mol. The Balaban J connectivity index is 2.08. The van der Waals surface area contributed by atoms with Crippen LogP contribution in [0.15, 0.2) is 0 Å². The normalized spacial score (nSPS) is 25.3. The molecule has 1 rings (SSSR count). The number of hydrogen-bond acceptors (Lipinski definition) is 3. The largest absolute Gasteiger partial charge is 0.450 e. The molecule has 1 aliphatic rings. The SMILES string of the molecule is CCCCOC(=O)NC1CCC1OC. The van der Waals surface area contributed by atoms with Crippen LogP contribution in [0.5, 0.6) is 0 Å². The number of alkyl carbamates (subject to hydrolysis) is 1. The van der Waals surface area contributed by atoms with E-state index in [2.05, 4.69) is 12.2 Å². The maximum absolute atomic E-state index is 11.2. The highest BCUT2D eigenvalue weighted by Gasteiger charge is 2.32. The standard InChI is InChI=1S/C10H19NO3/c1-3-4-7-14-10(12)11-8-5-6-9(8)13-2/h8-9H,3-7H2,1-2H3,(H,11,12). The Labute approximate surface area is 85.0 Å². The van der Waals surface area contributed by atoms with Gasteiger partial charge in [-0.2, -0.15) is 0 Å². The van der Waals surface area contributed by atoms with Crippen LogP contribution in [0.1, 0.15) is 32.6 Å². The van der Waals surface area contributed by atoms with Crippen LogP contribution in [0.25, 0.3) is 0 Å². The van der Waals surface area contributed by atoms with E-state index in [1.54, 1.807) is 7.11 Å². The summed E-state index contributed by atoms with van der Waals surface area (Å²) in [4.78, 5) is 11.2. The Morgan fingerprint density at radius 1 is 1.50 bits per heavy atom. The van der Waals surface area contributed by atoms with E-state index in [0.717, 1.165) is 25.7 Å². The highest BCUT2D eigenvalue weighted by Crippen LogP contribution is 2.22. The van der Waals surface area contributed by atoms with Crippen molar-refractivity contribution in [3.8, 4) is 0 Å². The molecule has 4 heteroatoms. The first-order valence-corrected chi connectivity index (χ1v) is 5.24. The maximum atomic E-state index is 11.2. The Morgan fingerprint density at radius 2 is 2.29 bits per heavy atom. The Bertz CT molecular complexity index is 182. The van der Waals surface area contributed by atoms with Crippen LogP contribution >= 0.6 is 0 Å². The van der Waals surface area contributed by atoms with E-state index in [0.29, 0.717) is 6.61 Å². The van der Waals surface area contributed by atoms with Crippen molar-refractivity contribution in [3.05, 3.63) is 0 Å². The molecular formula is C10H19NO3.